The van der Waals surface area contributed by atoms with Gasteiger partial charge in [0.15, 0.2) is 8.32 Å². The molecule has 1 aliphatic heterocycles. The van der Waals surface area contributed by atoms with Crippen molar-refractivity contribution in [2.24, 2.45) is 0 Å². The van der Waals surface area contributed by atoms with E-state index in [1.165, 1.54) is 0 Å². The highest BCUT2D eigenvalue weighted by molar-refractivity contribution is 6.74. The van der Waals surface area contributed by atoms with Crippen LogP contribution in [0.4, 0.5) is 4.79 Å². The zero-order valence-electron chi connectivity index (χ0n) is 15.9. The van der Waals surface area contributed by atoms with Gasteiger partial charge in [0.05, 0.1) is 6.10 Å². The van der Waals surface area contributed by atoms with Gasteiger partial charge < -0.3 is 18.9 Å². The summed E-state index contributed by atoms with van der Waals surface area (Å²) in [6, 6.07) is -0.128. The van der Waals surface area contributed by atoms with Gasteiger partial charge in [-0.3, -0.25) is 0 Å². The van der Waals surface area contributed by atoms with Crippen molar-refractivity contribution in [2.75, 3.05) is 6.54 Å². The zero-order valence-corrected chi connectivity index (χ0v) is 16.9. The molecule has 23 heavy (non-hydrogen) atoms. The molecule has 134 valence electrons. The van der Waals surface area contributed by atoms with Crippen molar-refractivity contribution in [1.82, 2.24) is 4.90 Å². The zero-order chi connectivity index (χ0) is 18.1. The van der Waals surface area contributed by atoms with Crippen LogP contribution in [0.15, 0.2) is 0 Å². The van der Waals surface area contributed by atoms with Crippen molar-refractivity contribution in [3.05, 3.63) is 0 Å². The van der Waals surface area contributed by atoms with E-state index in [0.29, 0.717) is 19.4 Å². The van der Waals surface area contributed by atoms with Gasteiger partial charge in [-0.05, 0) is 45.3 Å². The lowest BCUT2D eigenvalue weighted by Gasteiger charge is -2.38. The van der Waals surface area contributed by atoms with Crippen molar-refractivity contribution in [2.45, 2.75) is 90.3 Å². The molecule has 1 aliphatic rings. The fourth-order valence-electron chi connectivity index (χ4n) is 2.43. The number of amides is 1. The third-order valence-electron chi connectivity index (χ3n) is 4.64. The minimum Gasteiger partial charge on any atom is -0.444 e. The van der Waals surface area contributed by atoms with Crippen LogP contribution in [-0.2, 0) is 14.0 Å². The summed E-state index contributed by atoms with van der Waals surface area (Å²) >= 11 is 0. The Bertz CT molecular complexity index is 437. The van der Waals surface area contributed by atoms with Crippen LogP contribution in [0, 0.1) is 0 Å². The summed E-state index contributed by atoms with van der Waals surface area (Å²) in [6.45, 7) is 17.0. The second-order valence-corrected chi connectivity index (χ2v) is 13.7. The van der Waals surface area contributed by atoms with Gasteiger partial charge in [-0.15, -0.1) is 0 Å². The predicted molar refractivity (Wildman–Crippen MR) is 94.1 cm³/mol. The molecule has 1 amide bonds. The fourth-order valence-corrected chi connectivity index (χ4v) is 3.79. The van der Waals surface area contributed by atoms with Gasteiger partial charge >= 0.3 is 6.09 Å². The molecule has 0 unspecified atom stereocenters. The Hall–Kier alpha value is -0.883. The summed E-state index contributed by atoms with van der Waals surface area (Å²) in [4.78, 5) is 25.0. The van der Waals surface area contributed by atoms with Crippen molar-refractivity contribution in [1.29, 1.82) is 0 Å². The lowest BCUT2D eigenvalue weighted by Crippen LogP contribution is -2.45. The molecule has 0 saturated carbocycles. The van der Waals surface area contributed by atoms with Crippen molar-refractivity contribution >= 4 is 20.7 Å². The Morgan fingerprint density at radius 1 is 1.22 bits per heavy atom. The van der Waals surface area contributed by atoms with Crippen LogP contribution in [-0.4, -0.2) is 49.9 Å². The Kier molecular flexibility index (Phi) is 6.07. The fraction of sp³-hybridized carbons (Fsp3) is 0.882. The Labute approximate surface area is 141 Å². The Balaban J connectivity index is 2.82. The molecule has 6 heteroatoms. The van der Waals surface area contributed by atoms with E-state index in [2.05, 4.69) is 33.9 Å². The van der Waals surface area contributed by atoms with E-state index < -0.39 is 13.9 Å². The lowest BCUT2D eigenvalue weighted by atomic mass is 10.1. The Morgan fingerprint density at radius 2 is 1.78 bits per heavy atom. The molecule has 0 spiro atoms. The molecular formula is C17H33NO4Si. The third-order valence-corrected chi connectivity index (χ3v) is 9.17. The topological polar surface area (TPSA) is 55.8 Å². The van der Waals surface area contributed by atoms with Crippen LogP contribution in [0.1, 0.15) is 54.4 Å². The summed E-state index contributed by atoms with van der Waals surface area (Å²) in [7, 11) is -1.90. The van der Waals surface area contributed by atoms with E-state index in [-0.39, 0.29) is 23.3 Å². The molecule has 0 bridgehead atoms. The van der Waals surface area contributed by atoms with E-state index >= 15 is 0 Å². The van der Waals surface area contributed by atoms with E-state index in [1.54, 1.807) is 4.90 Å². The number of carbonyl (C=O) groups is 2. The van der Waals surface area contributed by atoms with Crippen LogP contribution in [0.25, 0.3) is 0 Å². The second kappa shape index (κ2) is 6.93. The van der Waals surface area contributed by atoms with Gasteiger partial charge in [0.25, 0.3) is 0 Å². The van der Waals surface area contributed by atoms with Gasteiger partial charge in [0.2, 0.25) is 0 Å². The van der Waals surface area contributed by atoms with Crippen LogP contribution in [0.3, 0.4) is 0 Å². The summed E-state index contributed by atoms with van der Waals surface area (Å²) in [6.07, 6.45) is 1.52. The van der Waals surface area contributed by atoms with E-state index in [4.69, 9.17) is 9.16 Å². The van der Waals surface area contributed by atoms with E-state index in [9.17, 15) is 9.59 Å². The monoisotopic (exact) mass is 343 g/mol. The molecule has 1 rings (SSSR count). The quantitative estimate of drug-likeness (QED) is 0.572. The maximum atomic E-state index is 12.4. The van der Waals surface area contributed by atoms with Gasteiger partial charge in [0, 0.05) is 19.0 Å². The molecule has 0 aromatic carbocycles. The van der Waals surface area contributed by atoms with Crippen LogP contribution < -0.4 is 0 Å². The molecule has 0 aromatic heterocycles. The molecule has 0 aliphatic carbocycles. The smallest absolute Gasteiger partial charge is 0.410 e. The third kappa shape index (κ3) is 5.60. The van der Waals surface area contributed by atoms with E-state index in [1.807, 2.05) is 20.8 Å². The van der Waals surface area contributed by atoms with Crippen LogP contribution in [0.2, 0.25) is 18.1 Å². The molecule has 1 fully saturated rings. The minimum absolute atomic E-state index is 0.0200. The molecule has 1 heterocycles. The molecule has 2 atom stereocenters. The maximum absolute atomic E-state index is 12.4. The normalized spacial score (nSPS) is 23.0. The maximum Gasteiger partial charge on any atom is 0.410 e. The van der Waals surface area contributed by atoms with Crippen LogP contribution in [0.5, 0.6) is 0 Å². The molecule has 0 aromatic rings. The van der Waals surface area contributed by atoms with Gasteiger partial charge in [-0.2, -0.15) is 0 Å². The number of carbonyl (C=O) groups excluding carboxylic acids is 2. The van der Waals surface area contributed by atoms with E-state index in [0.717, 1.165) is 6.29 Å². The second-order valence-electron chi connectivity index (χ2n) is 8.92. The highest BCUT2D eigenvalue weighted by Crippen LogP contribution is 2.39. The SMILES string of the molecule is CC(C)(C)OC(=O)N1C[C@H](O[Si](C)(C)C(C)(C)C)C[C@H]1CC=O. The van der Waals surface area contributed by atoms with Gasteiger partial charge in [-0.1, -0.05) is 20.8 Å². The number of rotatable bonds is 4. The lowest BCUT2D eigenvalue weighted by molar-refractivity contribution is -0.108. The highest BCUT2D eigenvalue weighted by atomic mass is 28.4. The molecule has 5 nitrogen and oxygen atoms in total. The average molecular weight is 344 g/mol. The summed E-state index contributed by atoms with van der Waals surface area (Å²) < 4.78 is 11.9. The first-order valence-corrected chi connectivity index (χ1v) is 11.3. The first-order chi connectivity index (χ1) is 10.3. The molecular weight excluding hydrogens is 310 g/mol. The standard InChI is InChI=1S/C17H33NO4Si/c1-16(2,3)21-15(20)18-12-14(11-13(18)9-10-19)22-23(7,8)17(4,5)6/h10,13-14H,9,11-12H2,1-8H3/t13-,14-/m1/s1. The Morgan fingerprint density at radius 3 is 2.22 bits per heavy atom. The average Bonchev–Trinajstić information content (AvgIpc) is 2.68. The molecule has 1 saturated heterocycles. The predicted octanol–water partition coefficient (Wildman–Crippen LogP) is 3.98. The highest BCUT2D eigenvalue weighted by Gasteiger charge is 2.44. The van der Waals surface area contributed by atoms with Crippen molar-refractivity contribution < 1.29 is 18.8 Å². The van der Waals surface area contributed by atoms with Gasteiger partial charge in [-0.25, -0.2) is 4.79 Å². The first-order valence-electron chi connectivity index (χ1n) is 8.38. The molecule has 0 N–H and O–H groups in total. The number of hydrogen-bond acceptors (Lipinski definition) is 4. The minimum atomic E-state index is -1.90. The van der Waals surface area contributed by atoms with Gasteiger partial charge in [0.1, 0.15) is 11.9 Å². The van der Waals surface area contributed by atoms with Crippen LogP contribution >= 0.6 is 0 Å². The summed E-state index contributed by atoms with van der Waals surface area (Å²) in [5, 5.41) is 0.118. The molecule has 0 radical (unpaired) electrons. The number of likely N-dealkylation sites (tertiary alicyclic amines) is 1. The first kappa shape index (κ1) is 20.2. The summed E-state index contributed by atoms with van der Waals surface area (Å²) in [5.74, 6) is 0. The number of hydrogen-bond donors (Lipinski definition) is 0. The number of nitrogens with zero attached hydrogens (tertiary/aromatic N) is 1. The summed E-state index contributed by atoms with van der Waals surface area (Å²) in [5.41, 5.74) is -0.540. The van der Waals surface area contributed by atoms with Crippen molar-refractivity contribution in [3.63, 3.8) is 0 Å². The largest absolute Gasteiger partial charge is 0.444 e. The number of aldehydes is 1. The number of ether oxygens (including phenoxy) is 1. The van der Waals surface area contributed by atoms with Crippen molar-refractivity contribution in [3.8, 4) is 0 Å².